The van der Waals surface area contributed by atoms with Crippen LogP contribution in [0.4, 0.5) is 11.4 Å². The van der Waals surface area contributed by atoms with Gasteiger partial charge in [0.15, 0.2) is 0 Å². The fraction of sp³-hybridized carbons (Fsp3) is 0.300. The van der Waals surface area contributed by atoms with E-state index in [1.807, 2.05) is 0 Å². The number of rotatable bonds is 0. The summed E-state index contributed by atoms with van der Waals surface area (Å²) in [5.41, 5.74) is 7.05. The van der Waals surface area contributed by atoms with Gasteiger partial charge in [0.05, 0.1) is 18.7 Å². The molecule has 2 rings (SSSR count). The molecule has 14 heavy (non-hydrogen) atoms. The van der Waals surface area contributed by atoms with Crippen molar-refractivity contribution in [2.75, 3.05) is 24.3 Å². The van der Waals surface area contributed by atoms with Gasteiger partial charge in [-0.2, -0.15) is 0 Å². The van der Waals surface area contributed by atoms with E-state index in [4.69, 9.17) is 10.5 Å². The number of benzene rings is 1. The summed E-state index contributed by atoms with van der Waals surface area (Å²) < 4.78 is 5.43. The number of hydrogen-bond donors (Lipinski definition) is 1. The standard InChI is InChI=1S/C10H12N2O2/c1-12-8-3-2-7(11)6-9(8)14-5-4-10(12)13/h2-3,6H,4-5,11H2,1H3. The molecule has 0 saturated heterocycles. The van der Waals surface area contributed by atoms with Crippen LogP contribution in [0.3, 0.4) is 0 Å². The van der Waals surface area contributed by atoms with E-state index in [2.05, 4.69) is 0 Å². The van der Waals surface area contributed by atoms with Crippen LogP contribution < -0.4 is 15.4 Å². The van der Waals surface area contributed by atoms with E-state index < -0.39 is 0 Å². The monoisotopic (exact) mass is 192 g/mol. The van der Waals surface area contributed by atoms with Crippen molar-refractivity contribution in [1.29, 1.82) is 0 Å². The Bertz CT molecular complexity index is 376. The van der Waals surface area contributed by atoms with E-state index in [0.29, 0.717) is 24.5 Å². The molecule has 0 radical (unpaired) electrons. The molecule has 4 nitrogen and oxygen atoms in total. The summed E-state index contributed by atoms with van der Waals surface area (Å²) in [5, 5.41) is 0. The highest BCUT2D eigenvalue weighted by molar-refractivity contribution is 5.95. The molecule has 0 bridgehead atoms. The van der Waals surface area contributed by atoms with Crippen molar-refractivity contribution in [1.82, 2.24) is 0 Å². The van der Waals surface area contributed by atoms with Crippen LogP contribution in [-0.2, 0) is 4.79 Å². The minimum absolute atomic E-state index is 0.0634. The van der Waals surface area contributed by atoms with Crippen LogP contribution in [0.1, 0.15) is 6.42 Å². The number of carbonyl (C=O) groups excluding carboxylic acids is 1. The second-order valence-corrected chi connectivity index (χ2v) is 3.28. The number of ether oxygens (including phenoxy) is 1. The lowest BCUT2D eigenvalue weighted by molar-refractivity contribution is -0.118. The maximum atomic E-state index is 11.5. The highest BCUT2D eigenvalue weighted by atomic mass is 16.5. The van der Waals surface area contributed by atoms with Crippen molar-refractivity contribution >= 4 is 17.3 Å². The predicted octanol–water partition coefficient (Wildman–Crippen LogP) is 1.01. The Kier molecular flexibility index (Phi) is 2.04. The number of nitrogen functional groups attached to an aromatic ring is 1. The highest BCUT2D eigenvalue weighted by Gasteiger charge is 2.19. The van der Waals surface area contributed by atoms with Gasteiger partial charge in [-0.15, -0.1) is 0 Å². The van der Waals surface area contributed by atoms with Gasteiger partial charge in [-0.3, -0.25) is 4.79 Å². The molecular formula is C10H12N2O2. The largest absolute Gasteiger partial charge is 0.491 e. The third-order valence-corrected chi connectivity index (χ3v) is 2.29. The first kappa shape index (κ1) is 8.87. The molecule has 0 fully saturated rings. The van der Waals surface area contributed by atoms with E-state index in [1.165, 1.54) is 0 Å². The van der Waals surface area contributed by atoms with Crippen molar-refractivity contribution in [2.24, 2.45) is 0 Å². The van der Waals surface area contributed by atoms with E-state index in [-0.39, 0.29) is 5.91 Å². The molecule has 0 unspecified atom stereocenters. The topological polar surface area (TPSA) is 55.6 Å². The summed E-state index contributed by atoms with van der Waals surface area (Å²) in [6.07, 6.45) is 0.408. The molecule has 1 aliphatic rings. The molecule has 1 aliphatic heterocycles. The first-order chi connectivity index (χ1) is 6.68. The Hall–Kier alpha value is -1.71. The zero-order chi connectivity index (χ0) is 10.1. The van der Waals surface area contributed by atoms with Crippen molar-refractivity contribution in [3.05, 3.63) is 18.2 Å². The van der Waals surface area contributed by atoms with Gasteiger partial charge in [0.1, 0.15) is 5.75 Å². The molecule has 4 heteroatoms. The minimum atomic E-state index is 0.0634. The summed E-state index contributed by atoms with van der Waals surface area (Å²) in [5.74, 6) is 0.742. The molecule has 0 atom stereocenters. The Morgan fingerprint density at radius 2 is 2.29 bits per heavy atom. The van der Waals surface area contributed by atoms with Crippen molar-refractivity contribution in [3.8, 4) is 5.75 Å². The van der Waals surface area contributed by atoms with Gasteiger partial charge < -0.3 is 15.4 Å². The van der Waals surface area contributed by atoms with Crippen LogP contribution in [0.15, 0.2) is 18.2 Å². The highest BCUT2D eigenvalue weighted by Crippen LogP contribution is 2.31. The van der Waals surface area contributed by atoms with Crippen LogP contribution in [-0.4, -0.2) is 19.6 Å². The van der Waals surface area contributed by atoms with Gasteiger partial charge >= 0.3 is 0 Å². The molecule has 1 heterocycles. The lowest BCUT2D eigenvalue weighted by Gasteiger charge is -2.16. The molecule has 1 amide bonds. The predicted molar refractivity (Wildman–Crippen MR) is 54.4 cm³/mol. The van der Waals surface area contributed by atoms with Crippen LogP contribution in [0.25, 0.3) is 0 Å². The molecule has 2 N–H and O–H groups in total. The minimum Gasteiger partial charge on any atom is -0.491 e. The van der Waals surface area contributed by atoms with Crippen LogP contribution in [0.5, 0.6) is 5.75 Å². The maximum Gasteiger partial charge on any atom is 0.230 e. The average molecular weight is 192 g/mol. The van der Waals surface area contributed by atoms with Crippen LogP contribution in [0, 0.1) is 0 Å². The van der Waals surface area contributed by atoms with Crippen LogP contribution in [0.2, 0.25) is 0 Å². The van der Waals surface area contributed by atoms with Gasteiger partial charge in [0, 0.05) is 18.8 Å². The fourth-order valence-corrected chi connectivity index (χ4v) is 1.47. The normalized spacial score (nSPS) is 15.8. The second kappa shape index (κ2) is 3.21. The van der Waals surface area contributed by atoms with Gasteiger partial charge in [-0.25, -0.2) is 0 Å². The van der Waals surface area contributed by atoms with Crippen molar-refractivity contribution in [2.45, 2.75) is 6.42 Å². The fourth-order valence-electron chi connectivity index (χ4n) is 1.47. The zero-order valence-corrected chi connectivity index (χ0v) is 7.99. The van der Waals surface area contributed by atoms with Crippen molar-refractivity contribution in [3.63, 3.8) is 0 Å². The van der Waals surface area contributed by atoms with Gasteiger partial charge in [0.2, 0.25) is 5.91 Å². The molecular weight excluding hydrogens is 180 g/mol. The van der Waals surface area contributed by atoms with E-state index in [9.17, 15) is 4.79 Å². The average Bonchev–Trinajstić information content (AvgIpc) is 2.28. The Balaban J connectivity index is 2.48. The summed E-state index contributed by atoms with van der Waals surface area (Å²) in [6.45, 7) is 0.416. The number of fused-ring (bicyclic) bond motifs is 1. The number of nitrogens with zero attached hydrogens (tertiary/aromatic N) is 1. The summed E-state index contributed by atoms with van der Waals surface area (Å²) >= 11 is 0. The lowest BCUT2D eigenvalue weighted by Crippen LogP contribution is -2.25. The summed E-state index contributed by atoms with van der Waals surface area (Å²) in [7, 11) is 1.74. The Morgan fingerprint density at radius 1 is 1.50 bits per heavy atom. The van der Waals surface area contributed by atoms with Crippen LogP contribution >= 0.6 is 0 Å². The molecule has 0 aliphatic carbocycles. The van der Waals surface area contributed by atoms with E-state index >= 15 is 0 Å². The second-order valence-electron chi connectivity index (χ2n) is 3.28. The van der Waals surface area contributed by atoms with Gasteiger partial charge in [-0.05, 0) is 12.1 Å². The number of nitrogens with two attached hydrogens (primary N) is 1. The first-order valence-corrected chi connectivity index (χ1v) is 4.47. The Morgan fingerprint density at radius 3 is 3.07 bits per heavy atom. The summed E-state index contributed by atoms with van der Waals surface area (Å²) in [4.78, 5) is 13.1. The molecule has 0 saturated carbocycles. The van der Waals surface area contributed by atoms with Gasteiger partial charge in [0.25, 0.3) is 0 Å². The smallest absolute Gasteiger partial charge is 0.230 e. The van der Waals surface area contributed by atoms with Gasteiger partial charge in [-0.1, -0.05) is 0 Å². The zero-order valence-electron chi connectivity index (χ0n) is 7.99. The first-order valence-electron chi connectivity index (χ1n) is 4.47. The third kappa shape index (κ3) is 1.39. The quantitative estimate of drug-likeness (QED) is 0.624. The number of anilines is 2. The SMILES string of the molecule is CN1C(=O)CCOc2cc(N)ccc21. The maximum absolute atomic E-state index is 11.5. The van der Waals surface area contributed by atoms with E-state index in [0.717, 1.165) is 5.69 Å². The number of carbonyl (C=O) groups is 1. The molecule has 1 aromatic carbocycles. The molecule has 1 aromatic rings. The molecule has 0 aromatic heterocycles. The number of amides is 1. The Labute approximate surface area is 82.3 Å². The molecule has 0 spiro atoms. The van der Waals surface area contributed by atoms with Crippen molar-refractivity contribution < 1.29 is 9.53 Å². The van der Waals surface area contributed by atoms with E-state index in [1.54, 1.807) is 30.1 Å². The molecule has 74 valence electrons. The number of hydrogen-bond acceptors (Lipinski definition) is 3. The summed E-state index contributed by atoms with van der Waals surface area (Å²) in [6, 6.07) is 5.30. The lowest BCUT2D eigenvalue weighted by atomic mass is 10.2. The third-order valence-electron chi connectivity index (χ3n) is 2.29.